The number of nitrogens with one attached hydrogen (secondary N) is 1. The number of benzene rings is 1. The molecule has 0 saturated carbocycles. The molecule has 1 aliphatic heterocycles. The number of rotatable bonds is 3. The first kappa shape index (κ1) is 16.6. The molecule has 1 heterocycles. The summed E-state index contributed by atoms with van der Waals surface area (Å²) in [6.07, 6.45) is 0. The van der Waals surface area contributed by atoms with Crippen molar-refractivity contribution in [3.63, 3.8) is 0 Å². The number of ether oxygens (including phenoxy) is 2. The highest BCUT2D eigenvalue weighted by Crippen LogP contribution is 2.26. The Bertz CT molecular complexity index is 468. The van der Waals surface area contributed by atoms with Gasteiger partial charge in [0.15, 0.2) is 0 Å². The molecule has 0 radical (unpaired) electrons. The largest absolute Gasteiger partial charge is 0.497 e. The molecular formula is C14H21ClN2O3. The molecule has 0 bridgehead atoms. The number of carbonyl (C=O) groups is 1. The van der Waals surface area contributed by atoms with Gasteiger partial charge in [-0.15, -0.1) is 12.4 Å². The van der Waals surface area contributed by atoms with Crippen molar-refractivity contribution in [2.45, 2.75) is 13.0 Å². The summed E-state index contributed by atoms with van der Waals surface area (Å²) < 4.78 is 10.5. The normalized spacial score (nSPS) is 18.1. The summed E-state index contributed by atoms with van der Waals surface area (Å²) in [5.41, 5.74) is 0.551. The maximum Gasteiger partial charge on any atom is 0.258 e. The van der Waals surface area contributed by atoms with Crippen LogP contribution in [0.3, 0.4) is 0 Å². The van der Waals surface area contributed by atoms with Gasteiger partial charge in [0.05, 0.1) is 19.8 Å². The number of piperazine rings is 1. The first-order valence-corrected chi connectivity index (χ1v) is 6.41. The van der Waals surface area contributed by atoms with Crippen LogP contribution in [0.2, 0.25) is 0 Å². The highest BCUT2D eigenvalue weighted by atomic mass is 35.5. The molecule has 20 heavy (non-hydrogen) atoms. The number of halogens is 1. The lowest BCUT2D eigenvalue weighted by Crippen LogP contribution is -2.52. The second-order valence-corrected chi connectivity index (χ2v) is 4.62. The highest BCUT2D eigenvalue weighted by Gasteiger charge is 2.26. The molecule has 1 fully saturated rings. The maximum atomic E-state index is 12.6. The Labute approximate surface area is 125 Å². The minimum atomic E-state index is -0.00949. The minimum absolute atomic E-state index is 0. The Morgan fingerprint density at radius 3 is 2.70 bits per heavy atom. The van der Waals surface area contributed by atoms with Crippen molar-refractivity contribution in [3.8, 4) is 11.5 Å². The van der Waals surface area contributed by atoms with Crippen LogP contribution < -0.4 is 14.8 Å². The van der Waals surface area contributed by atoms with Gasteiger partial charge in [0.1, 0.15) is 11.5 Å². The molecule has 1 aromatic rings. The van der Waals surface area contributed by atoms with Crippen LogP contribution in [0.4, 0.5) is 0 Å². The second kappa shape index (κ2) is 7.36. The van der Waals surface area contributed by atoms with E-state index in [0.29, 0.717) is 23.6 Å². The Kier molecular flexibility index (Phi) is 6.10. The lowest BCUT2D eigenvalue weighted by atomic mass is 10.1. The SMILES string of the molecule is COc1ccc(OC)c(C(=O)N2CCNCC2C)c1.Cl. The Morgan fingerprint density at radius 2 is 2.10 bits per heavy atom. The fraction of sp³-hybridized carbons (Fsp3) is 0.500. The molecule has 1 aromatic carbocycles. The van der Waals surface area contributed by atoms with E-state index in [4.69, 9.17) is 9.47 Å². The molecule has 1 N–H and O–H groups in total. The summed E-state index contributed by atoms with van der Waals surface area (Å²) >= 11 is 0. The first-order chi connectivity index (χ1) is 9.17. The molecule has 1 atom stereocenters. The van der Waals surface area contributed by atoms with Crippen LogP contribution in [0.5, 0.6) is 11.5 Å². The van der Waals surface area contributed by atoms with Gasteiger partial charge in [-0.3, -0.25) is 4.79 Å². The van der Waals surface area contributed by atoms with Crippen molar-refractivity contribution in [1.82, 2.24) is 10.2 Å². The van der Waals surface area contributed by atoms with Crippen LogP contribution in [-0.4, -0.2) is 50.7 Å². The summed E-state index contributed by atoms with van der Waals surface area (Å²) in [5, 5.41) is 3.27. The third kappa shape index (κ3) is 3.35. The van der Waals surface area contributed by atoms with E-state index < -0.39 is 0 Å². The standard InChI is InChI=1S/C14H20N2O3.ClH/c1-10-9-15-6-7-16(10)14(17)12-8-11(18-2)4-5-13(12)19-3;/h4-5,8,10,15H,6-7,9H2,1-3H3;1H. The van der Waals surface area contributed by atoms with E-state index in [1.807, 2.05) is 11.8 Å². The summed E-state index contributed by atoms with van der Waals surface area (Å²) in [6.45, 7) is 4.39. The van der Waals surface area contributed by atoms with Crippen LogP contribution in [0.15, 0.2) is 18.2 Å². The molecule has 0 aliphatic carbocycles. The summed E-state index contributed by atoms with van der Waals surface area (Å²) in [4.78, 5) is 14.5. The molecule has 0 aromatic heterocycles. The van der Waals surface area contributed by atoms with Gasteiger partial charge < -0.3 is 19.7 Å². The van der Waals surface area contributed by atoms with Crippen molar-refractivity contribution in [2.75, 3.05) is 33.9 Å². The summed E-state index contributed by atoms with van der Waals surface area (Å²) in [6, 6.07) is 5.46. The van der Waals surface area contributed by atoms with Gasteiger partial charge in [0, 0.05) is 25.7 Å². The zero-order valence-electron chi connectivity index (χ0n) is 12.0. The fourth-order valence-corrected chi connectivity index (χ4v) is 2.28. The van der Waals surface area contributed by atoms with E-state index in [-0.39, 0.29) is 24.4 Å². The van der Waals surface area contributed by atoms with Gasteiger partial charge in [-0.25, -0.2) is 0 Å². The molecule has 1 aliphatic rings. The topological polar surface area (TPSA) is 50.8 Å². The zero-order valence-corrected chi connectivity index (χ0v) is 12.8. The monoisotopic (exact) mass is 300 g/mol. The average Bonchev–Trinajstić information content (AvgIpc) is 2.46. The molecule has 6 heteroatoms. The van der Waals surface area contributed by atoms with Crippen LogP contribution in [0.1, 0.15) is 17.3 Å². The van der Waals surface area contributed by atoms with E-state index in [1.165, 1.54) is 0 Å². The maximum absolute atomic E-state index is 12.6. The number of amides is 1. The first-order valence-electron chi connectivity index (χ1n) is 6.41. The van der Waals surface area contributed by atoms with E-state index in [0.717, 1.165) is 13.1 Å². The molecule has 0 spiro atoms. The van der Waals surface area contributed by atoms with Gasteiger partial charge >= 0.3 is 0 Å². The van der Waals surface area contributed by atoms with Gasteiger partial charge in [0.25, 0.3) is 5.91 Å². The third-order valence-electron chi connectivity index (χ3n) is 3.40. The van der Waals surface area contributed by atoms with E-state index >= 15 is 0 Å². The van der Waals surface area contributed by atoms with Crippen molar-refractivity contribution < 1.29 is 14.3 Å². The average molecular weight is 301 g/mol. The number of hydrogen-bond donors (Lipinski definition) is 1. The quantitative estimate of drug-likeness (QED) is 0.920. The van der Waals surface area contributed by atoms with Crippen LogP contribution in [0, 0.1) is 0 Å². The van der Waals surface area contributed by atoms with Crippen molar-refractivity contribution >= 4 is 18.3 Å². The summed E-state index contributed by atoms with van der Waals surface area (Å²) in [5.74, 6) is 1.23. The lowest BCUT2D eigenvalue weighted by Gasteiger charge is -2.34. The highest BCUT2D eigenvalue weighted by molar-refractivity contribution is 5.97. The van der Waals surface area contributed by atoms with E-state index in [9.17, 15) is 4.79 Å². The molecule has 1 saturated heterocycles. The van der Waals surface area contributed by atoms with Crippen molar-refractivity contribution in [1.29, 1.82) is 0 Å². The lowest BCUT2D eigenvalue weighted by molar-refractivity contribution is 0.0652. The molecule has 1 amide bonds. The van der Waals surface area contributed by atoms with Crippen molar-refractivity contribution in [2.24, 2.45) is 0 Å². The Balaban J connectivity index is 0.00000200. The molecule has 112 valence electrons. The molecule has 5 nitrogen and oxygen atoms in total. The van der Waals surface area contributed by atoms with E-state index in [2.05, 4.69) is 5.32 Å². The fourth-order valence-electron chi connectivity index (χ4n) is 2.28. The Hall–Kier alpha value is -1.46. The van der Waals surface area contributed by atoms with Gasteiger partial charge in [-0.05, 0) is 25.1 Å². The van der Waals surface area contributed by atoms with Crippen LogP contribution in [0.25, 0.3) is 0 Å². The molecule has 1 unspecified atom stereocenters. The number of carbonyl (C=O) groups excluding carboxylic acids is 1. The van der Waals surface area contributed by atoms with Crippen molar-refractivity contribution in [3.05, 3.63) is 23.8 Å². The van der Waals surface area contributed by atoms with Crippen LogP contribution in [-0.2, 0) is 0 Å². The number of hydrogen-bond acceptors (Lipinski definition) is 4. The molecule has 2 rings (SSSR count). The predicted octanol–water partition coefficient (Wildman–Crippen LogP) is 1.56. The van der Waals surface area contributed by atoms with Gasteiger partial charge in [-0.2, -0.15) is 0 Å². The minimum Gasteiger partial charge on any atom is -0.497 e. The predicted molar refractivity (Wildman–Crippen MR) is 80.2 cm³/mol. The molecular weight excluding hydrogens is 280 g/mol. The number of methoxy groups -OCH3 is 2. The smallest absolute Gasteiger partial charge is 0.258 e. The third-order valence-corrected chi connectivity index (χ3v) is 3.40. The Morgan fingerprint density at radius 1 is 1.35 bits per heavy atom. The van der Waals surface area contributed by atoms with E-state index in [1.54, 1.807) is 32.4 Å². The second-order valence-electron chi connectivity index (χ2n) is 4.62. The van der Waals surface area contributed by atoms with Gasteiger partial charge in [0.2, 0.25) is 0 Å². The zero-order chi connectivity index (χ0) is 13.8. The summed E-state index contributed by atoms with van der Waals surface area (Å²) in [7, 11) is 3.16. The van der Waals surface area contributed by atoms with Gasteiger partial charge in [-0.1, -0.05) is 0 Å². The number of nitrogens with zero attached hydrogens (tertiary/aromatic N) is 1. The van der Waals surface area contributed by atoms with Crippen LogP contribution >= 0.6 is 12.4 Å².